The standard InChI is InChI=1S/C15H13BrFNO2/c1-10(19)18-14-4-2-3-5-15(14)20-9-11-6-12(16)8-13(17)7-11/h2-8H,9H2,1H3,(H,18,19). The first-order valence-electron chi connectivity index (χ1n) is 5.99. The van der Waals surface area contributed by atoms with Gasteiger partial charge in [0.2, 0.25) is 5.91 Å². The maximum absolute atomic E-state index is 13.3. The second-order valence-corrected chi connectivity index (χ2v) is 5.16. The van der Waals surface area contributed by atoms with Gasteiger partial charge in [0.05, 0.1) is 5.69 Å². The smallest absolute Gasteiger partial charge is 0.221 e. The van der Waals surface area contributed by atoms with E-state index in [1.54, 1.807) is 24.3 Å². The largest absolute Gasteiger partial charge is 0.487 e. The van der Waals surface area contributed by atoms with Gasteiger partial charge in [-0.05, 0) is 35.9 Å². The molecule has 2 rings (SSSR count). The highest BCUT2D eigenvalue weighted by molar-refractivity contribution is 9.10. The minimum Gasteiger partial charge on any atom is -0.487 e. The molecule has 20 heavy (non-hydrogen) atoms. The zero-order chi connectivity index (χ0) is 14.5. The summed E-state index contributed by atoms with van der Waals surface area (Å²) in [4.78, 5) is 11.1. The number of rotatable bonds is 4. The third kappa shape index (κ3) is 4.06. The number of para-hydroxylation sites is 2. The Morgan fingerprint density at radius 1 is 1.30 bits per heavy atom. The summed E-state index contributed by atoms with van der Waals surface area (Å²) in [5.41, 5.74) is 1.30. The number of hydrogen-bond donors (Lipinski definition) is 1. The van der Waals surface area contributed by atoms with E-state index in [2.05, 4.69) is 21.2 Å². The number of carbonyl (C=O) groups excluding carboxylic acids is 1. The van der Waals surface area contributed by atoms with Crippen LogP contribution in [0.15, 0.2) is 46.9 Å². The molecule has 2 aromatic carbocycles. The van der Waals surface area contributed by atoms with Crippen molar-refractivity contribution in [3.8, 4) is 5.75 Å². The van der Waals surface area contributed by atoms with E-state index in [0.29, 0.717) is 21.5 Å². The Kier molecular flexibility index (Phi) is 4.74. The number of halogens is 2. The van der Waals surface area contributed by atoms with Crippen molar-refractivity contribution in [2.24, 2.45) is 0 Å². The van der Waals surface area contributed by atoms with Crippen LogP contribution >= 0.6 is 15.9 Å². The number of amides is 1. The van der Waals surface area contributed by atoms with Crippen molar-refractivity contribution in [1.29, 1.82) is 0 Å². The second-order valence-electron chi connectivity index (χ2n) is 4.24. The summed E-state index contributed by atoms with van der Waals surface area (Å²) in [6.07, 6.45) is 0. The van der Waals surface area contributed by atoms with Gasteiger partial charge >= 0.3 is 0 Å². The van der Waals surface area contributed by atoms with Crippen LogP contribution < -0.4 is 10.1 Å². The Morgan fingerprint density at radius 3 is 2.75 bits per heavy atom. The van der Waals surface area contributed by atoms with E-state index in [1.165, 1.54) is 19.1 Å². The van der Waals surface area contributed by atoms with Crippen LogP contribution in [0.25, 0.3) is 0 Å². The van der Waals surface area contributed by atoms with Crippen LogP contribution in [0.1, 0.15) is 12.5 Å². The monoisotopic (exact) mass is 337 g/mol. The molecule has 0 atom stereocenters. The van der Waals surface area contributed by atoms with Crippen molar-refractivity contribution >= 4 is 27.5 Å². The summed E-state index contributed by atoms with van der Waals surface area (Å²) >= 11 is 3.23. The fraction of sp³-hybridized carbons (Fsp3) is 0.133. The maximum atomic E-state index is 13.3. The Balaban J connectivity index is 2.12. The molecule has 0 spiro atoms. The van der Waals surface area contributed by atoms with Gasteiger partial charge in [-0.2, -0.15) is 0 Å². The molecule has 1 amide bonds. The molecule has 0 bridgehead atoms. The van der Waals surface area contributed by atoms with E-state index in [9.17, 15) is 9.18 Å². The van der Waals surface area contributed by atoms with Gasteiger partial charge in [0, 0.05) is 11.4 Å². The summed E-state index contributed by atoms with van der Waals surface area (Å²) in [6, 6.07) is 11.7. The van der Waals surface area contributed by atoms with Crippen LogP contribution in [0, 0.1) is 5.82 Å². The number of benzene rings is 2. The number of nitrogens with one attached hydrogen (secondary N) is 1. The molecule has 0 aliphatic rings. The summed E-state index contributed by atoms with van der Waals surface area (Å²) in [6.45, 7) is 1.65. The van der Waals surface area contributed by atoms with Gasteiger partial charge in [0.25, 0.3) is 0 Å². The molecular weight excluding hydrogens is 325 g/mol. The Hall–Kier alpha value is -1.88. The molecular formula is C15H13BrFNO2. The average Bonchev–Trinajstić information content (AvgIpc) is 2.36. The molecule has 0 aromatic heterocycles. The topological polar surface area (TPSA) is 38.3 Å². The van der Waals surface area contributed by atoms with Crippen molar-refractivity contribution in [2.45, 2.75) is 13.5 Å². The van der Waals surface area contributed by atoms with Crippen molar-refractivity contribution < 1.29 is 13.9 Å². The Labute approximate surface area is 124 Å². The third-order valence-electron chi connectivity index (χ3n) is 2.51. The number of anilines is 1. The molecule has 0 saturated carbocycles. The van der Waals surface area contributed by atoms with E-state index in [-0.39, 0.29) is 18.3 Å². The highest BCUT2D eigenvalue weighted by atomic mass is 79.9. The number of ether oxygens (including phenoxy) is 1. The van der Waals surface area contributed by atoms with Gasteiger partial charge in [-0.15, -0.1) is 0 Å². The highest BCUT2D eigenvalue weighted by Gasteiger charge is 2.05. The molecule has 0 unspecified atom stereocenters. The Bertz CT molecular complexity index is 611. The van der Waals surface area contributed by atoms with E-state index < -0.39 is 0 Å². The van der Waals surface area contributed by atoms with Crippen molar-refractivity contribution in [3.63, 3.8) is 0 Å². The fourth-order valence-electron chi connectivity index (χ4n) is 1.74. The average molecular weight is 338 g/mol. The predicted octanol–water partition coefficient (Wildman–Crippen LogP) is 4.13. The van der Waals surface area contributed by atoms with Crippen LogP contribution in [0.5, 0.6) is 5.75 Å². The van der Waals surface area contributed by atoms with Gasteiger partial charge in [-0.25, -0.2) is 4.39 Å². The molecule has 104 valence electrons. The van der Waals surface area contributed by atoms with Crippen LogP contribution in [-0.2, 0) is 11.4 Å². The zero-order valence-corrected chi connectivity index (χ0v) is 12.4. The summed E-state index contributed by atoms with van der Waals surface area (Å²) < 4.78 is 19.6. The fourth-order valence-corrected chi connectivity index (χ4v) is 2.25. The lowest BCUT2D eigenvalue weighted by Gasteiger charge is -2.11. The first kappa shape index (κ1) is 14.5. The molecule has 0 heterocycles. The Morgan fingerprint density at radius 2 is 2.05 bits per heavy atom. The normalized spacial score (nSPS) is 10.2. The van der Waals surface area contributed by atoms with Gasteiger partial charge in [0.15, 0.2) is 0 Å². The predicted molar refractivity (Wildman–Crippen MR) is 79.2 cm³/mol. The van der Waals surface area contributed by atoms with Gasteiger partial charge < -0.3 is 10.1 Å². The van der Waals surface area contributed by atoms with E-state index in [0.717, 1.165) is 0 Å². The molecule has 0 radical (unpaired) electrons. The lowest BCUT2D eigenvalue weighted by atomic mass is 10.2. The SMILES string of the molecule is CC(=O)Nc1ccccc1OCc1cc(F)cc(Br)c1. The van der Waals surface area contributed by atoms with Crippen molar-refractivity contribution in [2.75, 3.05) is 5.32 Å². The molecule has 3 nitrogen and oxygen atoms in total. The minimum atomic E-state index is -0.326. The second kappa shape index (κ2) is 6.52. The first-order valence-corrected chi connectivity index (χ1v) is 6.78. The third-order valence-corrected chi connectivity index (χ3v) is 2.97. The molecule has 0 saturated heterocycles. The zero-order valence-electron chi connectivity index (χ0n) is 10.8. The summed E-state index contributed by atoms with van der Waals surface area (Å²) in [5, 5.41) is 2.69. The molecule has 0 aliphatic carbocycles. The first-order chi connectivity index (χ1) is 9.54. The maximum Gasteiger partial charge on any atom is 0.221 e. The summed E-state index contributed by atoms with van der Waals surface area (Å²) in [5.74, 6) is 0.0470. The summed E-state index contributed by atoms with van der Waals surface area (Å²) in [7, 11) is 0. The highest BCUT2D eigenvalue weighted by Crippen LogP contribution is 2.25. The van der Waals surface area contributed by atoms with E-state index >= 15 is 0 Å². The molecule has 2 aromatic rings. The van der Waals surface area contributed by atoms with Crippen LogP contribution in [-0.4, -0.2) is 5.91 Å². The van der Waals surface area contributed by atoms with Crippen LogP contribution in [0.4, 0.5) is 10.1 Å². The number of carbonyl (C=O) groups is 1. The van der Waals surface area contributed by atoms with Crippen LogP contribution in [0.3, 0.4) is 0 Å². The van der Waals surface area contributed by atoms with Gasteiger partial charge in [0.1, 0.15) is 18.2 Å². The van der Waals surface area contributed by atoms with E-state index in [4.69, 9.17) is 4.74 Å². The lowest BCUT2D eigenvalue weighted by Crippen LogP contribution is -2.07. The molecule has 0 aliphatic heterocycles. The van der Waals surface area contributed by atoms with E-state index in [1.807, 2.05) is 6.07 Å². The van der Waals surface area contributed by atoms with Crippen molar-refractivity contribution in [1.82, 2.24) is 0 Å². The van der Waals surface area contributed by atoms with Gasteiger partial charge in [-0.3, -0.25) is 4.79 Å². The molecule has 5 heteroatoms. The van der Waals surface area contributed by atoms with Gasteiger partial charge in [-0.1, -0.05) is 28.1 Å². The quantitative estimate of drug-likeness (QED) is 0.911. The van der Waals surface area contributed by atoms with Crippen molar-refractivity contribution in [3.05, 3.63) is 58.3 Å². The number of hydrogen-bond acceptors (Lipinski definition) is 2. The lowest BCUT2D eigenvalue weighted by molar-refractivity contribution is -0.114. The molecule has 0 fully saturated rings. The van der Waals surface area contributed by atoms with Crippen LogP contribution in [0.2, 0.25) is 0 Å². The minimum absolute atomic E-state index is 0.172. The molecule has 1 N–H and O–H groups in total.